The number of likely N-dealkylation sites (tertiary alicyclic amines) is 1. The topological polar surface area (TPSA) is 15.3 Å². The van der Waals surface area contributed by atoms with Crippen molar-refractivity contribution in [1.82, 2.24) is 10.2 Å². The molecule has 0 aromatic carbocycles. The molecule has 1 N–H and O–H groups in total. The number of nitrogens with zero attached hydrogens (tertiary/aromatic N) is 1. The maximum absolute atomic E-state index is 3.80. The minimum absolute atomic E-state index is 0. The molecule has 0 aromatic rings. The molecule has 0 spiro atoms. The van der Waals surface area contributed by atoms with Crippen LogP contribution >= 0.6 is 12.4 Å². The molecule has 102 valence electrons. The Balaban J connectivity index is 0.00000144. The highest BCUT2D eigenvalue weighted by Crippen LogP contribution is 2.19. The summed E-state index contributed by atoms with van der Waals surface area (Å²) in [5.74, 6) is 0.925. The molecule has 17 heavy (non-hydrogen) atoms. The van der Waals surface area contributed by atoms with Crippen LogP contribution < -0.4 is 5.32 Å². The van der Waals surface area contributed by atoms with E-state index >= 15 is 0 Å². The predicted octanol–water partition coefficient (Wildman–Crippen LogP) is 3.06. The molecule has 0 amide bonds. The Morgan fingerprint density at radius 2 is 1.88 bits per heavy atom. The summed E-state index contributed by atoms with van der Waals surface area (Å²) in [7, 11) is 0. The van der Waals surface area contributed by atoms with Crippen LogP contribution in [0.15, 0.2) is 0 Å². The fourth-order valence-corrected chi connectivity index (χ4v) is 3.24. The second-order valence-corrected chi connectivity index (χ2v) is 5.70. The lowest BCUT2D eigenvalue weighted by Crippen LogP contribution is -2.35. The first-order valence-corrected chi connectivity index (χ1v) is 7.34. The van der Waals surface area contributed by atoms with Crippen LogP contribution in [-0.4, -0.2) is 37.1 Å². The van der Waals surface area contributed by atoms with Gasteiger partial charge in [-0.3, -0.25) is 0 Å². The first-order chi connectivity index (χ1) is 7.88. The Morgan fingerprint density at radius 3 is 2.59 bits per heavy atom. The van der Waals surface area contributed by atoms with E-state index in [1.807, 2.05) is 0 Å². The maximum atomic E-state index is 3.80. The summed E-state index contributed by atoms with van der Waals surface area (Å²) >= 11 is 0. The van der Waals surface area contributed by atoms with Gasteiger partial charge in [0.1, 0.15) is 0 Å². The van der Waals surface area contributed by atoms with Crippen LogP contribution in [0.2, 0.25) is 0 Å². The van der Waals surface area contributed by atoms with Gasteiger partial charge in [-0.1, -0.05) is 26.2 Å². The molecule has 1 saturated carbocycles. The average molecular weight is 261 g/mol. The summed E-state index contributed by atoms with van der Waals surface area (Å²) in [6, 6.07) is 0.842. The normalized spacial score (nSPS) is 27.0. The highest BCUT2D eigenvalue weighted by Gasteiger charge is 2.22. The molecule has 2 aliphatic rings. The number of hydrogen-bond acceptors (Lipinski definition) is 2. The maximum Gasteiger partial charge on any atom is 0.00671 e. The summed E-state index contributed by atoms with van der Waals surface area (Å²) in [5.41, 5.74) is 0. The molecule has 1 heterocycles. The van der Waals surface area contributed by atoms with Gasteiger partial charge >= 0.3 is 0 Å². The molecular weight excluding hydrogens is 232 g/mol. The van der Waals surface area contributed by atoms with Crippen molar-refractivity contribution in [3.05, 3.63) is 0 Å². The number of rotatable bonds is 5. The molecule has 2 fully saturated rings. The summed E-state index contributed by atoms with van der Waals surface area (Å²) in [6.07, 6.45) is 9.93. The zero-order valence-electron chi connectivity index (χ0n) is 11.3. The van der Waals surface area contributed by atoms with Gasteiger partial charge in [0.15, 0.2) is 0 Å². The Labute approximate surface area is 113 Å². The molecule has 1 aliphatic heterocycles. The van der Waals surface area contributed by atoms with E-state index in [0.717, 1.165) is 12.0 Å². The number of hydrogen-bond donors (Lipinski definition) is 1. The van der Waals surface area contributed by atoms with Crippen LogP contribution in [0.3, 0.4) is 0 Å². The second-order valence-electron chi connectivity index (χ2n) is 5.70. The molecule has 0 bridgehead atoms. The van der Waals surface area contributed by atoms with E-state index in [2.05, 4.69) is 17.1 Å². The van der Waals surface area contributed by atoms with Crippen molar-refractivity contribution in [3.63, 3.8) is 0 Å². The molecule has 2 rings (SSSR count). The quantitative estimate of drug-likeness (QED) is 0.817. The highest BCUT2D eigenvalue weighted by atomic mass is 35.5. The van der Waals surface area contributed by atoms with Gasteiger partial charge in [-0.15, -0.1) is 12.4 Å². The van der Waals surface area contributed by atoms with Crippen molar-refractivity contribution in [1.29, 1.82) is 0 Å². The third-order valence-electron chi connectivity index (χ3n) is 4.21. The molecule has 1 saturated heterocycles. The van der Waals surface area contributed by atoms with Crippen LogP contribution in [0.5, 0.6) is 0 Å². The third-order valence-corrected chi connectivity index (χ3v) is 4.21. The largest absolute Gasteiger partial charge is 0.314 e. The minimum atomic E-state index is 0. The third kappa shape index (κ3) is 5.15. The van der Waals surface area contributed by atoms with Crippen molar-refractivity contribution >= 4 is 12.4 Å². The van der Waals surface area contributed by atoms with Gasteiger partial charge in [0.2, 0.25) is 0 Å². The smallest absolute Gasteiger partial charge is 0.00671 e. The van der Waals surface area contributed by atoms with E-state index in [4.69, 9.17) is 0 Å². The van der Waals surface area contributed by atoms with Crippen molar-refractivity contribution in [2.75, 3.05) is 26.2 Å². The minimum Gasteiger partial charge on any atom is -0.314 e. The van der Waals surface area contributed by atoms with E-state index in [0.29, 0.717) is 0 Å². The Morgan fingerprint density at radius 1 is 1.12 bits per heavy atom. The van der Waals surface area contributed by atoms with E-state index in [1.54, 1.807) is 0 Å². The lowest BCUT2D eigenvalue weighted by Gasteiger charge is -2.24. The molecule has 3 heteroatoms. The molecule has 1 aliphatic carbocycles. The monoisotopic (exact) mass is 260 g/mol. The van der Waals surface area contributed by atoms with Gasteiger partial charge < -0.3 is 10.2 Å². The molecule has 1 atom stereocenters. The standard InChI is InChI=1S/C14H28N2.ClH/c1-2-9-16-10-8-13(12-16)11-15-14-6-4-3-5-7-14;/h13-15H,2-12H2,1H3;1H. The SMILES string of the molecule is CCCN1CCC(CNC2CCCCC2)C1.Cl. The van der Waals surface area contributed by atoms with Crippen LogP contribution in [0.4, 0.5) is 0 Å². The predicted molar refractivity (Wildman–Crippen MR) is 77.0 cm³/mol. The fourth-order valence-electron chi connectivity index (χ4n) is 3.24. The first kappa shape index (κ1) is 15.3. The first-order valence-electron chi connectivity index (χ1n) is 7.34. The fraction of sp³-hybridized carbons (Fsp3) is 1.00. The summed E-state index contributed by atoms with van der Waals surface area (Å²) in [4.78, 5) is 2.63. The Bertz CT molecular complexity index is 193. The van der Waals surface area contributed by atoms with Crippen molar-refractivity contribution < 1.29 is 0 Å². The molecule has 0 radical (unpaired) electrons. The number of halogens is 1. The van der Waals surface area contributed by atoms with Gasteiger partial charge in [0, 0.05) is 12.6 Å². The van der Waals surface area contributed by atoms with E-state index in [9.17, 15) is 0 Å². The Hall–Kier alpha value is 0.210. The zero-order chi connectivity index (χ0) is 11.2. The summed E-state index contributed by atoms with van der Waals surface area (Å²) in [6.45, 7) is 7.54. The molecule has 2 nitrogen and oxygen atoms in total. The summed E-state index contributed by atoms with van der Waals surface area (Å²) in [5, 5.41) is 3.80. The van der Waals surface area contributed by atoms with E-state index in [-0.39, 0.29) is 12.4 Å². The van der Waals surface area contributed by atoms with Gasteiger partial charge in [0.05, 0.1) is 0 Å². The molecule has 0 aromatic heterocycles. The van der Waals surface area contributed by atoms with Gasteiger partial charge in [0.25, 0.3) is 0 Å². The second kappa shape index (κ2) is 8.34. The Kier molecular flexibility index (Phi) is 7.49. The van der Waals surface area contributed by atoms with Crippen LogP contribution in [-0.2, 0) is 0 Å². The van der Waals surface area contributed by atoms with Crippen LogP contribution in [0.25, 0.3) is 0 Å². The van der Waals surface area contributed by atoms with Crippen molar-refractivity contribution in [3.8, 4) is 0 Å². The summed E-state index contributed by atoms with van der Waals surface area (Å²) < 4.78 is 0. The van der Waals surface area contributed by atoms with Crippen LogP contribution in [0.1, 0.15) is 51.9 Å². The highest BCUT2D eigenvalue weighted by molar-refractivity contribution is 5.85. The van der Waals surface area contributed by atoms with Crippen LogP contribution in [0, 0.1) is 5.92 Å². The molecule has 1 unspecified atom stereocenters. The van der Waals surface area contributed by atoms with Gasteiger partial charge in [-0.05, 0) is 51.2 Å². The van der Waals surface area contributed by atoms with Gasteiger partial charge in [-0.2, -0.15) is 0 Å². The average Bonchev–Trinajstić information content (AvgIpc) is 2.76. The lowest BCUT2D eigenvalue weighted by molar-refractivity contribution is 0.309. The zero-order valence-corrected chi connectivity index (χ0v) is 12.1. The van der Waals surface area contributed by atoms with Crippen molar-refractivity contribution in [2.45, 2.75) is 57.9 Å². The lowest BCUT2D eigenvalue weighted by atomic mass is 9.95. The van der Waals surface area contributed by atoms with Crippen molar-refractivity contribution in [2.24, 2.45) is 5.92 Å². The van der Waals surface area contributed by atoms with E-state index < -0.39 is 0 Å². The van der Waals surface area contributed by atoms with Gasteiger partial charge in [-0.25, -0.2) is 0 Å². The molecular formula is C14H29ClN2. The number of nitrogens with one attached hydrogen (secondary N) is 1. The van der Waals surface area contributed by atoms with E-state index in [1.165, 1.54) is 71.1 Å².